The maximum Gasteiger partial charge on any atom is 0.460 e. The van der Waals surface area contributed by atoms with Gasteiger partial charge >= 0.3 is 29.9 Å². The summed E-state index contributed by atoms with van der Waals surface area (Å²) in [5, 5.41) is 1.09. The zero-order valence-electron chi connectivity index (χ0n) is 12.0. The first-order valence-electron chi connectivity index (χ1n) is 6.18. The fourth-order valence-electron chi connectivity index (χ4n) is 1.54. The molecule has 0 aliphatic rings. The SMILES string of the molecule is CC(=O)c1cccc(NC(=O)C(F)(F)C(F)(F)C(F)(F)C(F)(F)F)c1. The minimum atomic E-state index is -7.16. The summed E-state index contributed by atoms with van der Waals surface area (Å²) in [7, 11) is 0. The lowest BCUT2D eigenvalue weighted by Gasteiger charge is -2.32. The van der Waals surface area contributed by atoms with E-state index in [0.29, 0.717) is 0 Å². The molecule has 0 unspecified atom stereocenters. The van der Waals surface area contributed by atoms with Gasteiger partial charge in [-0.3, -0.25) is 9.59 Å². The Kier molecular flexibility index (Phi) is 5.17. The van der Waals surface area contributed by atoms with Crippen molar-refractivity contribution in [2.75, 3.05) is 5.32 Å². The zero-order chi connectivity index (χ0) is 19.8. The van der Waals surface area contributed by atoms with Gasteiger partial charge in [-0.05, 0) is 19.1 Å². The minimum absolute atomic E-state index is 0.159. The van der Waals surface area contributed by atoms with Gasteiger partial charge in [0.2, 0.25) is 0 Å². The van der Waals surface area contributed by atoms with E-state index in [0.717, 1.165) is 36.5 Å². The molecule has 0 bridgehead atoms. The standard InChI is InChI=1S/C13H8F9NO2/c1-6(24)7-3-2-4-8(5-7)23-9(25)10(14,15)11(16,17)12(18,19)13(20,21)22/h2-5H,1H3,(H,23,25). The molecule has 1 rings (SSSR count). The van der Waals surface area contributed by atoms with Crippen molar-refractivity contribution in [1.29, 1.82) is 0 Å². The van der Waals surface area contributed by atoms with Gasteiger partial charge in [0.05, 0.1) is 0 Å². The van der Waals surface area contributed by atoms with Gasteiger partial charge in [-0.25, -0.2) is 0 Å². The highest BCUT2D eigenvalue weighted by Gasteiger charge is 2.83. The number of Topliss-reactive ketones (excluding diaryl/α,β-unsaturated/α-hetero) is 1. The van der Waals surface area contributed by atoms with Crippen LogP contribution in [-0.2, 0) is 4.79 Å². The van der Waals surface area contributed by atoms with Gasteiger partial charge in [-0.15, -0.1) is 0 Å². The van der Waals surface area contributed by atoms with Crippen molar-refractivity contribution in [1.82, 2.24) is 0 Å². The Morgan fingerprint density at radius 3 is 1.84 bits per heavy atom. The summed E-state index contributed by atoms with van der Waals surface area (Å²) in [6.07, 6.45) is -7.02. The Morgan fingerprint density at radius 2 is 1.40 bits per heavy atom. The van der Waals surface area contributed by atoms with Crippen LogP contribution in [0.1, 0.15) is 17.3 Å². The Balaban J connectivity index is 3.19. The van der Waals surface area contributed by atoms with Gasteiger partial charge in [0.1, 0.15) is 0 Å². The number of benzene rings is 1. The Labute approximate surface area is 133 Å². The fraction of sp³-hybridized carbons (Fsp3) is 0.385. The average molecular weight is 381 g/mol. The van der Waals surface area contributed by atoms with Crippen molar-refractivity contribution in [2.24, 2.45) is 0 Å². The lowest BCUT2D eigenvalue weighted by Crippen LogP contribution is -2.64. The molecular formula is C13H8F9NO2. The molecule has 1 N–H and O–H groups in total. The molecular weight excluding hydrogens is 373 g/mol. The molecule has 25 heavy (non-hydrogen) atoms. The highest BCUT2D eigenvalue weighted by Crippen LogP contribution is 2.53. The number of rotatable bonds is 5. The third kappa shape index (κ3) is 3.56. The van der Waals surface area contributed by atoms with E-state index in [2.05, 4.69) is 0 Å². The van der Waals surface area contributed by atoms with Crippen LogP contribution in [0.2, 0.25) is 0 Å². The number of alkyl halides is 9. The van der Waals surface area contributed by atoms with Crippen LogP contribution in [0.3, 0.4) is 0 Å². The summed E-state index contributed by atoms with van der Waals surface area (Å²) in [6.45, 7) is 1.04. The molecule has 0 fully saturated rings. The lowest BCUT2D eigenvalue weighted by molar-refractivity contribution is -0.388. The summed E-state index contributed by atoms with van der Waals surface area (Å²) in [5.74, 6) is -24.3. The van der Waals surface area contributed by atoms with Crippen molar-refractivity contribution in [2.45, 2.75) is 30.9 Å². The summed E-state index contributed by atoms with van der Waals surface area (Å²) < 4.78 is 114. The molecule has 140 valence electrons. The summed E-state index contributed by atoms with van der Waals surface area (Å²) in [4.78, 5) is 22.3. The van der Waals surface area contributed by atoms with Crippen molar-refractivity contribution < 1.29 is 49.1 Å². The summed E-state index contributed by atoms with van der Waals surface area (Å²) in [6, 6.07) is 3.77. The number of carbonyl (C=O) groups excluding carboxylic acids is 2. The van der Waals surface area contributed by atoms with Crippen molar-refractivity contribution in [3.05, 3.63) is 29.8 Å². The molecule has 0 aliphatic heterocycles. The number of halogens is 9. The molecule has 0 spiro atoms. The average Bonchev–Trinajstić information content (AvgIpc) is 2.45. The van der Waals surface area contributed by atoms with E-state index in [1.165, 1.54) is 0 Å². The fourth-order valence-corrected chi connectivity index (χ4v) is 1.54. The minimum Gasteiger partial charge on any atom is -0.321 e. The first kappa shape index (κ1) is 20.8. The Bertz CT molecular complexity index is 682. The molecule has 3 nitrogen and oxygen atoms in total. The third-order valence-corrected chi connectivity index (χ3v) is 2.96. The van der Waals surface area contributed by atoms with Crippen molar-refractivity contribution in [3.63, 3.8) is 0 Å². The number of nitrogens with one attached hydrogen (secondary N) is 1. The largest absolute Gasteiger partial charge is 0.460 e. The van der Waals surface area contributed by atoms with Gasteiger partial charge in [0, 0.05) is 11.3 Å². The monoisotopic (exact) mass is 381 g/mol. The van der Waals surface area contributed by atoms with E-state index >= 15 is 0 Å². The molecule has 1 aromatic rings. The molecule has 0 aliphatic carbocycles. The first-order valence-corrected chi connectivity index (χ1v) is 6.18. The van der Waals surface area contributed by atoms with Crippen molar-refractivity contribution >= 4 is 17.4 Å². The van der Waals surface area contributed by atoms with E-state index in [-0.39, 0.29) is 5.56 Å². The van der Waals surface area contributed by atoms with Crippen LogP contribution in [0.15, 0.2) is 24.3 Å². The van der Waals surface area contributed by atoms with Crippen LogP contribution in [-0.4, -0.2) is 35.6 Å². The summed E-state index contributed by atoms with van der Waals surface area (Å²) >= 11 is 0. The van der Waals surface area contributed by atoms with E-state index < -0.39 is 41.3 Å². The Hall–Kier alpha value is -2.27. The van der Waals surface area contributed by atoms with E-state index in [9.17, 15) is 49.1 Å². The van der Waals surface area contributed by atoms with Gasteiger partial charge in [-0.2, -0.15) is 39.5 Å². The second kappa shape index (κ2) is 6.23. The molecule has 0 saturated carbocycles. The van der Waals surface area contributed by atoms with Crippen LogP contribution in [0, 0.1) is 0 Å². The van der Waals surface area contributed by atoms with Gasteiger partial charge in [0.25, 0.3) is 0 Å². The predicted molar refractivity (Wildman–Crippen MR) is 66.0 cm³/mol. The maximum absolute atomic E-state index is 13.4. The lowest BCUT2D eigenvalue weighted by atomic mass is 10.0. The van der Waals surface area contributed by atoms with Gasteiger partial charge in [0.15, 0.2) is 5.78 Å². The molecule has 1 amide bonds. The maximum atomic E-state index is 13.4. The number of ketones is 1. The molecule has 0 aromatic heterocycles. The van der Waals surface area contributed by atoms with E-state index in [4.69, 9.17) is 0 Å². The van der Waals surface area contributed by atoms with Gasteiger partial charge < -0.3 is 5.32 Å². The number of hydrogen-bond donors (Lipinski definition) is 1. The normalized spacial score (nSPS) is 13.5. The van der Waals surface area contributed by atoms with Crippen LogP contribution < -0.4 is 5.32 Å². The highest BCUT2D eigenvalue weighted by molar-refractivity contribution is 5.99. The third-order valence-electron chi connectivity index (χ3n) is 2.96. The molecule has 0 atom stereocenters. The van der Waals surface area contributed by atoms with Gasteiger partial charge in [-0.1, -0.05) is 12.1 Å². The zero-order valence-corrected chi connectivity index (χ0v) is 12.0. The number of anilines is 1. The highest BCUT2D eigenvalue weighted by atomic mass is 19.4. The van der Waals surface area contributed by atoms with E-state index in [1.54, 1.807) is 0 Å². The van der Waals surface area contributed by atoms with Crippen LogP contribution >= 0.6 is 0 Å². The predicted octanol–water partition coefficient (Wildman–Crippen LogP) is 4.30. The number of hydrogen-bond acceptors (Lipinski definition) is 2. The molecule has 0 radical (unpaired) electrons. The smallest absolute Gasteiger partial charge is 0.321 e. The second-order valence-electron chi connectivity index (χ2n) is 4.81. The van der Waals surface area contributed by atoms with Crippen LogP contribution in [0.25, 0.3) is 0 Å². The first-order chi connectivity index (χ1) is 11.1. The van der Waals surface area contributed by atoms with Crippen LogP contribution in [0.5, 0.6) is 0 Å². The topological polar surface area (TPSA) is 46.2 Å². The van der Waals surface area contributed by atoms with Crippen LogP contribution in [0.4, 0.5) is 45.2 Å². The molecule has 0 saturated heterocycles. The molecule has 1 aromatic carbocycles. The molecule has 12 heteroatoms. The second-order valence-corrected chi connectivity index (χ2v) is 4.81. The van der Waals surface area contributed by atoms with Crippen molar-refractivity contribution in [3.8, 4) is 0 Å². The Morgan fingerprint density at radius 1 is 0.880 bits per heavy atom. The number of carbonyl (C=O) groups is 2. The van der Waals surface area contributed by atoms with E-state index in [1.807, 2.05) is 0 Å². The summed E-state index contributed by atoms with van der Waals surface area (Å²) in [5.41, 5.74) is -0.836. The quantitative estimate of drug-likeness (QED) is 0.611. The number of amides is 1. The molecule has 0 heterocycles.